The first-order chi connectivity index (χ1) is 6.15. The van der Waals surface area contributed by atoms with Crippen molar-refractivity contribution in [1.29, 1.82) is 0 Å². The highest BCUT2D eigenvalue weighted by molar-refractivity contribution is 7.10. The Morgan fingerprint density at radius 2 is 2.31 bits per heavy atom. The number of rotatable bonds is 4. The van der Waals surface area contributed by atoms with Crippen molar-refractivity contribution in [3.05, 3.63) is 21.9 Å². The van der Waals surface area contributed by atoms with Crippen LogP contribution in [0, 0.1) is 6.92 Å². The minimum atomic E-state index is 0.112. The lowest BCUT2D eigenvalue weighted by Crippen LogP contribution is -2.18. The number of nitrogens with two attached hydrogens (primary N) is 1. The summed E-state index contributed by atoms with van der Waals surface area (Å²) >= 11 is 1.75. The van der Waals surface area contributed by atoms with E-state index in [0.29, 0.717) is 0 Å². The Labute approximate surface area is 83.7 Å². The molecule has 13 heavy (non-hydrogen) atoms. The lowest BCUT2D eigenvalue weighted by Gasteiger charge is -2.15. The molecule has 0 fully saturated rings. The molecule has 0 bridgehead atoms. The van der Waals surface area contributed by atoms with E-state index < -0.39 is 0 Å². The highest BCUT2D eigenvalue weighted by atomic mass is 32.1. The number of ether oxygens (including phenoxy) is 1. The van der Waals surface area contributed by atoms with Gasteiger partial charge < -0.3 is 10.5 Å². The van der Waals surface area contributed by atoms with E-state index in [1.807, 2.05) is 6.92 Å². The monoisotopic (exact) mass is 199 g/mol. The molecule has 1 heterocycles. The van der Waals surface area contributed by atoms with E-state index in [1.54, 1.807) is 18.4 Å². The second kappa shape index (κ2) is 4.74. The highest BCUT2D eigenvalue weighted by Crippen LogP contribution is 2.24. The first-order valence-electron chi connectivity index (χ1n) is 4.47. The Kier molecular flexibility index (Phi) is 3.90. The minimum absolute atomic E-state index is 0.112. The molecule has 3 heteroatoms. The maximum atomic E-state index is 6.04. The highest BCUT2D eigenvalue weighted by Gasteiger charge is 2.12. The van der Waals surface area contributed by atoms with Gasteiger partial charge in [0.05, 0.1) is 6.10 Å². The topological polar surface area (TPSA) is 35.2 Å². The maximum Gasteiger partial charge on any atom is 0.0561 e. The summed E-state index contributed by atoms with van der Waals surface area (Å²) in [5.74, 6) is 0. The van der Waals surface area contributed by atoms with Gasteiger partial charge in [0.15, 0.2) is 0 Å². The second-order valence-electron chi connectivity index (χ2n) is 3.32. The van der Waals surface area contributed by atoms with Crippen molar-refractivity contribution in [2.45, 2.75) is 32.4 Å². The van der Waals surface area contributed by atoms with Crippen LogP contribution in [0.15, 0.2) is 11.4 Å². The van der Waals surface area contributed by atoms with Crippen LogP contribution >= 0.6 is 11.3 Å². The largest absolute Gasteiger partial charge is 0.382 e. The van der Waals surface area contributed by atoms with Crippen molar-refractivity contribution >= 4 is 11.3 Å². The van der Waals surface area contributed by atoms with Gasteiger partial charge in [-0.25, -0.2) is 0 Å². The van der Waals surface area contributed by atoms with Gasteiger partial charge in [0.1, 0.15) is 0 Å². The summed E-state index contributed by atoms with van der Waals surface area (Å²) in [6.45, 7) is 4.15. The van der Waals surface area contributed by atoms with E-state index >= 15 is 0 Å². The molecule has 1 rings (SSSR count). The first-order valence-corrected chi connectivity index (χ1v) is 5.35. The molecule has 0 aliphatic rings. The van der Waals surface area contributed by atoms with Gasteiger partial charge >= 0.3 is 0 Å². The molecular weight excluding hydrogens is 182 g/mol. The summed E-state index contributed by atoms with van der Waals surface area (Å²) in [7, 11) is 1.72. The molecule has 2 atom stereocenters. The van der Waals surface area contributed by atoms with E-state index in [-0.39, 0.29) is 12.1 Å². The average Bonchev–Trinajstić information content (AvgIpc) is 2.51. The first kappa shape index (κ1) is 10.7. The molecule has 0 spiro atoms. The van der Waals surface area contributed by atoms with E-state index in [2.05, 4.69) is 18.4 Å². The summed E-state index contributed by atoms with van der Waals surface area (Å²) in [5, 5.41) is 2.09. The predicted octanol–water partition coefficient (Wildman–Crippen LogP) is 2.48. The lowest BCUT2D eigenvalue weighted by atomic mass is 10.0. The molecule has 2 N–H and O–H groups in total. The van der Waals surface area contributed by atoms with Gasteiger partial charge in [-0.15, -0.1) is 11.3 Å². The van der Waals surface area contributed by atoms with E-state index in [1.165, 1.54) is 10.4 Å². The number of methoxy groups -OCH3 is 1. The number of hydrogen-bond donors (Lipinski definition) is 1. The molecule has 0 aliphatic heterocycles. The fourth-order valence-electron chi connectivity index (χ4n) is 1.36. The lowest BCUT2D eigenvalue weighted by molar-refractivity contribution is 0.104. The molecule has 1 aromatic rings. The Bertz CT molecular complexity index is 259. The van der Waals surface area contributed by atoms with Gasteiger partial charge in [-0.1, -0.05) is 0 Å². The van der Waals surface area contributed by atoms with E-state index in [9.17, 15) is 0 Å². The van der Waals surface area contributed by atoms with Crippen LogP contribution in [0.1, 0.15) is 29.8 Å². The zero-order chi connectivity index (χ0) is 9.84. The fraction of sp³-hybridized carbons (Fsp3) is 0.600. The Morgan fingerprint density at radius 3 is 2.77 bits per heavy atom. The third-order valence-electron chi connectivity index (χ3n) is 2.29. The summed E-state index contributed by atoms with van der Waals surface area (Å²) in [6.07, 6.45) is 1.11. The van der Waals surface area contributed by atoms with Crippen LogP contribution in [0.2, 0.25) is 0 Å². The molecule has 0 aliphatic carbocycles. The molecule has 0 amide bonds. The second-order valence-corrected chi connectivity index (χ2v) is 4.44. The number of hydrogen-bond acceptors (Lipinski definition) is 3. The summed E-state index contributed by atoms with van der Waals surface area (Å²) in [4.78, 5) is 1.32. The zero-order valence-electron chi connectivity index (χ0n) is 8.41. The Morgan fingerprint density at radius 1 is 1.62 bits per heavy atom. The van der Waals surface area contributed by atoms with Crippen LogP contribution in [0.5, 0.6) is 0 Å². The van der Waals surface area contributed by atoms with Crippen molar-refractivity contribution in [2.75, 3.05) is 7.11 Å². The molecular formula is C10H17NOS. The maximum absolute atomic E-state index is 6.04. The summed E-state index contributed by atoms with van der Waals surface area (Å²) in [5.41, 5.74) is 7.30. The molecule has 74 valence electrons. The van der Waals surface area contributed by atoms with Crippen LogP contribution < -0.4 is 5.73 Å². The van der Waals surface area contributed by atoms with Crippen molar-refractivity contribution < 1.29 is 4.74 Å². The average molecular weight is 199 g/mol. The van der Waals surface area contributed by atoms with Crippen molar-refractivity contribution in [3.8, 4) is 0 Å². The number of thiophene rings is 1. The molecule has 0 saturated heterocycles. The molecule has 2 nitrogen and oxygen atoms in total. The van der Waals surface area contributed by atoms with Gasteiger partial charge in [-0.3, -0.25) is 0 Å². The molecule has 0 radical (unpaired) electrons. The van der Waals surface area contributed by atoms with Crippen molar-refractivity contribution in [1.82, 2.24) is 0 Å². The third kappa shape index (κ3) is 2.79. The van der Waals surface area contributed by atoms with Crippen molar-refractivity contribution in [2.24, 2.45) is 5.73 Å². The normalized spacial score (nSPS) is 15.7. The van der Waals surface area contributed by atoms with Crippen LogP contribution in [0.25, 0.3) is 0 Å². The summed E-state index contributed by atoms with van der Waals surface area (Å²) in [6, 6.07) is 2.22. The fourth-order valence-corrected chi connectivity index (χ4v) is 2.13. The van der Waals surface area contributed by atoms with Crippen LogP contribution in [0.4, 0.5) is 0 Å². The van der Waals surface area contributed by atoms with Crippen LogP contribution in [0.3, 0.4) is 0 Å². The van der Waals surface area contributed by atoms with E-state index in [0.717, 1.165) is 6.42 Å². The smallest absolute Gasteiger partial charge is 0.0561 e. The molecule has 2 unspecified atom stereocenters. The van der Waals surface area contributed by atoms with E-state index in [4.69, 9.17) is 10.5 Å². The molecule has 0 aromatic carbocycles. The summed E-state index contributed by atoms with van der Waals surface area (Å²) < 4.78 is 5.18. The van der Waals surface area contributed by atoms with Crippen molar-refractivity contribution in [3.63, 3.8) is 0 Å². The Balaban J connectivity index is 2.58. The van der Waals surface area contributed by atoms with Crippen LogP contribution in [-0.4, -0.2) is 13.2 Å². The Hall–Kier alpha value is -0.380. The minimum Gasteiger partial charge on any atom is -0.382 e. The van der Waals surface area contributed by atoms with Gasteiger partial charge in [0.2, 0.25) is 0 Å². The van der Waals surface area contributed by atoms with Gasteiger partial charge in [-0.2, -0.15) is 0 Å². The predicted molar refractivity (Wildman–Crippen MR) is 57.1 cm³/mol. The third-order valence-corrected chi connectivity index (χ3v) is 3.15. The number of aryl methyl sites for hydroxylation is 1. The molecule has 0 saturated carbocycles. The van der Waals surface area contributed by atoms with Crippen LogP contribution in [-0.2, 0) is 4.74 Å². The van der Waals surface area contributed by atoms with Gasteiger partial charge in [0, 0.05) is 18.0 Å². The SMILES string of the molecule is COC(C)CC(N)c1ccsc1C. The zero-order valence-corrected chi connectivity index (χ0v) is 9.23. The van der Waals surface area contributed by atoms with Gasteiger partial charge in [-0.05, 0) is 37.3 Å². The molecule has 1 aromatic heterocycles. The van der Waals surface area contributed by atoms with Gasteiger partial charge in [0.25, 0.3) is 0 Å². The quantitative estimate of drug-likeness (QED) is 0.808. The standard InChI is InChI=1S/C10H17NOS/c1-7(12-3)6-10(11)9-4-5-13-8(9)2/h4-5,7,10H,6,11H2,1-3H3.